The summed E-state index contributed by atoms with van der Waals surface area (Å²) in [4.78, 5) is 18.0. The van der Waals surface area contributed by atoms with Crippen LogP contribution in [0.5, 0.6) is 0 Å². The molecule has 0 spiro atoms. The lowest BCUT2D eigenvalue weighted by Gasteiger charge is -2.27. The topological polar surface area (TPSA) is 101 Å². The first-order chi connectivity index (χ1) is 17.1. The highest BCUT2D eigenvalue weighted by Gasteiger charge is 2.17. The van der Waals surface area contributed by atoms with E-state index in [0.717, 1.165) is 47.8 Å². The number of benzene rings is 1. The summed E-state index contributed by atoms with van der Waals surface area (Å²) in [6.07, 6.45) is 3.87. The molecule has 9 heteroatoms. The van der Waals surface area contributed by atoms with Crippen molar-refractivity contribution in [3.8, 4) is 5.82 Å². The predicted octanol–water partition coefficient (Wildman–Crippen LogP) is 2.89. The maximum absolute atomic E-state index is 12.5. The molecule has 2 N–H and O–H groups in total. The number of aryl methyl sites for hydroxylation is 1. The zero-order valence-electron chi connectivity index (χ0n) is 20.3. The summed E-state index contributed by atoms with van der Waals surface area (Å²) in [6, 6.07) is 12.1. The highest BCUT2D eigenvalue weighted by Crippen LogP contribution is 2.20. The summed E-state index contributed by atoms with van der Waals surface area (Å²) in [5.41, 5.74) is 5.32. The van der Waals surface area contributed by atoms with Gasteiger partial charge in [-0.25, -0.2) is 4.68 Å². The number of rotatable bonds is 8. The molecule has 0 atom stereocenters. The lowest BCUT2D eigenvalue weighted by molar-refractivity contribution is -0.121. The van der Waals surface area contributed by atoms with E-state index < -0.39 is 0 Å². The van der Waals surface area contributed by atoms with Crippen LogP contribution in [0.4, 0.5) is 5.82 Å². The Morgan fingerprint density at radius 1 is 1.06 bits per heavy atom. The molecule has 0 unspecified atom stereocenters. The first kappa shape index (κ1) is 23.0. The van der Waals surface area contributed by atoms with E-state index in [1.54, 1.807) is 0 Å². The number of carbonyl (C=O) groups is 1. The Morgan fingerprint density at radius 3 is 2.63 bits per heavy atom. The van der Waals surface area contributed by atoms with Crippen molar-refractivity contribution in [1.82, 2.24) is 30.3 Å². The first-order valence-corrected chi connectivity index (χ1v) is 12.1. The standard InChI is InChI=1S/C26H31N7O2/c1-18-21(7-10-26(34)27-12-11-20-17-28-23-6-4-3-5-22(20)23)19(2)33(31-18)25-9-8-24(29-30-25)32-13-15-35-16-14-32/h3-6,8-9,17,28H,7,10-16H2,1-2H3,(H,27,34). The quantitative estimate of drug-likeness (QED) is 0.408. The van der Waals surface area contributed by atoms with Crippen molar-refractivity contribution in [2.24, 2.45) is 0 Å². The maximum Gasteiger partial charge on any atom is 0.220 e. The third-order valence-electron chi connectivity index (χ3n) is 6.62. The zero-order chi connectivity index (χ0) is 24.2. The summed E-state index contributed by atoms with van der Waals surface area (Å²) in [6.45, 7) is 7.67. The Morgan fingerprint density at radius 2 is 1.83 bits per heavy atom. The van der Waals surface area contributed by atoms with E-state index in [9.17, 15) is 4.79 Å². The number of para-hydroxylation sites is 1. The molecule has 1 amide bonds. The second-order valence-electron chi connectivity index (χ2n) is 8.87. The number of aromatic amines is 1. The van der Waals surface area contributed by atoms with Crippen molar-refractivity contribution in [1.29, 1.82) is 0 Å². The van der Waals surface area contributed by atoms with Gasteiger partial charge < -0.3 is 19.9 Å². The van der Waals surface area contributed by atoms with Crippen LogP contribution in [0, 0.1) is 13.8 Å². The molecule has 182 valence electrons. The molecular formula is C26H31N7O2. The van der Waals surface area contributed by atoms with E-state index in [1.807, 2.05) is 49.0 Å². The molecule has 0 aliphatic carbocycles. The van der Waals surface area contributed by atoms with Crippen LogP contribution in [-0.2, 0) is 22.4 Å². The second kappa shape index (κ2) is 10.3. The van der Waals surface area contributed by atoms with Gasteiger partial charge in [0.15, 0.2) is 11.6 Å². The molecule has 9 nitrogen and oxygen atoms in total. The number of anilines is 1. The molecule has 1 aliphatic heterocycles. The summed E-state index contributed by atoms with van der Waals surface area (Å²) >= 11 is 0. The van der Waals surface area contributed by atoms with E-state index >= 15 is 0 Å². The number of ether oxygens (including phenoxy) is 1. The molecule has 5 rings (SSSR count). The third-order valence-corrected chi connectivity index (χ3v) is 6.62. The van der Waals surface area contributed by atoms with E-state index in [0.29, 0.717) is 38.4 Å². The number of carbonyl (C=O) groups excluding carboxylic acids is 1. The first-order valence-electron chi connectivity index (χ1n) is 12.1. The summed E-state index contributed by atoms with van der Waals surface area (Å²) in [5, 5.41) is 17.7. The van der Waals surface area contributed by atoms with Crippen molar-refractivity contribution < 1.29 is 9.53 Å². The predicted molar refractivity (Wildman–Crippen MR) is 135 cm³/mol. The van der Waals surface area contributed by atoms with E-state index in [2.05, 4.69) is 42.6 Å². The Labute approximate surface area is 204 Å². The Bertz CT molecular complexity index is 1300. The molecule has 1 saturated heterocycles. The fraction of sp³-hybridized carbons (Fsp3) is 0.385. The highest BCUT2D eigenvalue weighted by atomic mass is 16.5. The van der Waals surface area contributed by atoms with Crippen molar-refractivity contribution in [2.45, 2.75) is 33.1 Å². The van der Waals surface area contributed by atoms with Crippen LogP contribution < -0.4 is 10.2 Å². The number of amides is 1. The highest BCUT2D eigenvalue weighted by molar-refractivity contribution is 5.83. The van der Waals surface area contributed by atoms with Gasteiger partial charge in [-0.15, -0.1) is 10.2 Å². The van der Waals surface area contributed by atoms with Crippen LogP contribution in [0.15, 0.2) is 42.6 Å². The van der Waals surface area contributed by atoms with Gasteiger partial charge in [-0.1, -0.05) is 18.2 Å². The van der Waals surface area contributed by atoms with Gasteiger partial charge in [0.25, 0.3) is 0 Å². The molecule has 1 aliphatic rings. The average molecular weight is 474 g/mol. The molecule has 4 heterocycles. The Balaban J connectivity index is 1.16. The summed E-state index contributed by atoms with van der Waals surface area (Å²) in [5.74, 6) is 1.58. The molecule has 1 aromatic carbocycles. The van der Waals surface area contributed by atoms with Gasteiger partial charge in [0.1, 0.15) is 0 Å². The van der Waals surface area contributed by atoms with Gasteiger partial charge in [-0.2, -0.15) is 5.10 Å². The number of fused-ring (bicyclic) bond motifs is 1. The smallest absolute Gasteiger partial charge is 0.220 e. The van der Waals surface area contributed by atoms with Gasteiger partial charge >= 0.3 is 0 Å². The summed E-state index contributed by atoms with van der Waals surface area (Å²) in [7, 11) is 0. The number of hydrogen-bond donors (Lipinski definition) is 2. The van der Waals surface area contributed by atoms with Gasteiger partial charge in [-0.05, 0) is 56.0 Å². The van der Waals surface area contributed by atoms with Crippen LogP contribution >= 0.6 is 0 Å². The van der Waals surface area contributed by atoms with Crippen LogP contribution in [0.1, 0.15) is 28.9 Å². The number of H-pyrrole nitrogens is 1. The molecule has 3 aromatic heterocycles. The van der Waals surface area contributed by atoms with Crippen molar-refractivity contribution in [3.05, 3.63) is 65.1 Å². The number of nitrogens with zero attached hydrogens (tertiary/aromatic N) is 5. The van der Waals surface area contributed by atoms with E-state index in [1.165, 1.54) is 10.9 Å². The fourth-order valence-corrected chi connectivity index (χ4v) is 4.65. The van der Waals surface area contributed by atoms with Crippen molar-refractivity contribution >= 4 is 22.6 Å². The SMILES string of the molecule is Cc1nn(-c2ccc(N3CCOCC3)nn2)c(C)c1CCC(=O)NCCc1c[nH]c2ccccc12. The van der Waals surface area contributed by atoms with E-state index in [-0.39, 0.29) is 5.91 Å². The Kier molecular flexibility index (Phi) is 6.76. The molecule has 0 bridgehead atoms. The number of morpholine rings is 1. The van der Waals surface area contributed by atoms with Gasteiger partial charge in [-0.3, -0.25) is 4.79 Å². The largest absolute Gasteiger partial charge is 0.378 e. The minimum absolute atomic E-state index is 0.0473. The minimum atomic E-state index is 0.0473. The van der Waals surface area contributed by atoms with Crippen molar-refractivity contribution in [2.75, 3.05) is 37.7 Å². The van der Waals surface area contributed by atoms with Gasteiger partial charge in [0, 0.05) is 48.8 Å². The average Bonchev–Trinajstić information content (AvgIpc) is 3.43. The number of nitrogens with one attached hydrogen (secondary N) is 2. The van der Waals surface area contributed by atoms with Crippen molar-refractivity contribution in [3.63, 3.8) is 0 Å². The van der Waals surface area contributed by atoms with Crippen LogP contribution in [-0.4, -0.2) is 63.7 Å². The number of hydrogen-bond acceptors (Lipinski definition) is 6. The molecule has 0 radical (unpaired) electrons. The number of aromatic nitrogens is 5. The lowest BCUT2D eigenvalue weighted by atomic mass is 10.1. The van der Waals surface area contributed by atoms with Crippen LogP contribution in [0.2, 0.25) is 0 Å². The lowest BCUT2D eigenvalue weighted by Crippen LogP contribution is -2.36. The fourth-order valence-electron chi connectivity index (χ4n) is 4.65. The zero-order valence-corrected chi connectivity index (χ0v) is 20.3. The molecule has 0 saturated carbocycles. The maximum atomic E-state index is 12.5. The normalized spacial score (nSPS) is 13.9. The van der Waals surface area contributed by atoms with Gasteiger partial charge in [0.05, 0.1) is 18.9 Å². The summed E-state index contributed by atoms with van der Waals surface area (Å²) < 4.78 is 7.22. The van der Waals surface area contributed by atoms with E-state index in [4.69, 9.17) is 4.74 Å². The Hall–Kier alpha value is -3.72. The van der Waals surface area contributed by atoms with Gasteiger partial charge in [0.2, 0.25) is 5.91 Å². The van der Waals surface area contributed by atoms with Crippen LogP contribution in [0.3, 0.4) is 0 Å². The minimum Gasteiger partial charge on any atom is -0.378 e. The molecule has 4 aromatic rings. The van der Waals surface area contributed by atoms with Crippen LogP contribution in [0.25, 0.3) is 16.7 Å². The molecule has 1 fully saturated rings. The molecular weight excluding hydrogens is 442 g/mol. The third kappa shape index (κ3) is 5.05. The monoisotopic (exact) mass is 473 g/mol. The molecule has 35 heavy (non-hydrogen) atoms. The second-order valence-corrected chi connectivity index (χ2v) is 8.87.